The van der Waals surface area contributed by atoms with Gasteiger partial charge in [0.05, 0.1) is 17.6 Å². The van der Waals surface area contributed by atoms with Gasteiger partial charge in [0.25, 0.3) is 0 Å². The third-order valence-electron chi connectivity index (χ3n) is 2.94. The standard InChI is InChI=1S/C14H20N4/c1-3-9-15-10-14-11-16-17-18(14)13-7-5-12(4-2)6-8-13/h5-8,11,15H,3-4,9-10H2,1-2H3. The molecule has 0 aliphatic heterocycles. The molecule has 2 rings (SSSR count). The van der Waals surface area contributed by atoms with Crippen LogP contribution in [-0.2, 0) is 13.0 Å². The molecule has 0 aliphatic carbocycles. The maximum Gasteiger partial charge on any atom is 0.0783 e. The van der Waals surface area contributed by atoms with Crippen LogP contribution >= 0.6 is 0 Å². The monoisotopic (exact) mass is 244 g/mol. The van der Waals surface area contributed by atoms with Crippen molar-refractivity contribution in [1.82, 2.24) is 20.3 Å². The van der Waals surface area contributed by atoms with Crippen molar-refractivity contribution in [2.24, 2.45) is 0 Å². The Morgan fingerprint density at radius 1 is 1.17 bits per heavy atom. The molecule has 1 heterocycles. The van der Waals surface area contributed by atoms with E-state index < -0.39 is 0 Å². The number of benzene rings is 1. The number of hydrogen-bond acceptors (Lipinski definition) is 3. The number of hydrogen-bond donors (Lipinski definition) is 1. The highest BCUT2D eigenvalue weighted by molar-refractivity contribution is 5.34. The van der Waals surface area contributed by atoms with Crippen molar-refractivity contribution in [3.05, 3.63) is 41.7 Å². The van der Waals surface area contributed by atoms with Gasteiger partial charge in [-0.3, -0.25) is 0 Å². The average Bonchev–Trinajstić information content (AvgIpc) is 2.88. The van der Waals surface area contributed by atoms with Crippen LogP contribution < -0.4 is 5.32 Å². The Labute approximate surface area is 108 Å². The van der Waals surface area contributed by atoms with Crippen LogP contribution in [0.2, 0.25) is 0 Å². The molecule has 18 heavy (non-hydrogen) atoms. The molecule has 0 radical (unpaired) electrons. The molecule has 1 aromatic carbocycles. The lowest BCUT2D eigenvalue weighted by molar-refractivity contribution is 0.641. The lowest BCUT2D eigenvalue weighted by atomic mass is 10.1. The molecule has 0 bridgehead atoms. The van der Waals surface area contributed by atoms with E-state index in [0.717, 1.165) is 37.3 Å². The minimum Gasteiger partial charge on any atom is -0.311 e. The molecule has 0 amide bonds. The molecule has 0 saturated heterocycles. The SMILES string of the molecule is CCCNCc1cnnn1-c1ccc(CC)cc1. The molecule has 0 saturated carbocycles. The summed E-state index contributed by atoms with van der Waals surface area (Å²) in [7, 11) is 0. The van der Waals surface area contributed by atoms with Crippen LogP contribution in [0.4, 0.5) is 0 Å². The topological polar surface area (TPSA) is 42.7 Å². The normalized spacial score (nSPS) is 10.8. The van der Waals surface area contributed by atoms with E-state index in [-0.39, 0.29) is 0 Å². The summed E-state index contributed by atoms with van der Waals surface area (Å²) in [5, 5.41) is 11.5. The van der Waals surface area contributed by atoms with E-state index in [2.05, 4.69) is 53.7 Å². The van der Waals surface area contributed by atoms with Gasteiger partial charge in [-0.05, 0) is 37.1 Å². The Balaban J connectivity index is 2.14. The molecule has 4 heteroatoms. The predicted molar refractivity (Wildman–Crippen MR) is 72.7 cm³/mol. The van der Waals surface area contributed by atoms with Crippen LogP contribution in [0.3, 0.4) is 0 Å². The summed E-state index contributed by atoms with van der Waals surface area (Å²) in [6.07, 6.45) is 4.01. The Kier molecular flexibility index (Phi) is 4.47. The fraction of sp³-hybridized carbons (Fsp3) is 0.429. The van der Waals surface area contributed by atoms with Crippen LogP contribution in [0.5, 0.6) is 0 Å². The average molecular weight is 244 g/mol. The highest BCUT2D eigenvalue weighted by atomic mass is 15.4. The van der Waals surface area contributed by atoms with Crippen LogP contribution in [-0.4, -0.2) is 21.5 Å². The van der Waals surface area contributed by atoms with E-state index in [1.54, 1.807) is 0 Å². The van der Waals surface area contributed by atoms with Crippen LogP contribution in [0.1, 0.15) is 31.5 Å². The summed E-state index contributed by atoms with van der Waals surface area (Å²) < 4.78 is 1.89. The third kappa shape index (κ3) is 2.96. The Hall–Kier alpha value is -1.68. The zero-order valence-corrected chi connectivity index (χ0v) is 11.1. The van der Waals surface area contributed by atoms with Gasteiger partial charge >= 0.3 is 0 Å². The number of aryl methyl sites for hydroxylation is 1. The molecule has 96 valence electrons. The largest absolute Gasteiger partial charge is 0.311 e. The van der Waals surface area contributed by atoms with E-state index >= 15 is 0 Å². The van der Waals surface area contributed by atoms with Gasteiger partial charge < -0.3 is 5.32 Å². The fourth-order valence-corrected chi connectivity index (χ4v) is 1.86. The molecule has 4 nitrogen and oxygen atoms in total. The Morgan fingerprint density at radius 3 is 2.61 bits per heavy atom. The van der Waals surface area contributed by atoms with E-state index in [1.165, 1.54) is 5.56 Å². The van der Waals surface area contributed by atoms with Crippen molar-refractivity contribution in [3.63, 3.8) is 0 Å². The maximum absolute atomic E-state index is 4.15. The first-order chi connectivity index (χ1) is 8.85. The van der Waals surface area contributed by atoms with Crippen molar-refractivity contribution in [1.29, 1.82) is 0 Å². The Morgan fingerprint density at radius 2 is 1.94 bits per heavy atom. The lowest BCUT2D eigenvalue weighted by Gasteiger charge is -2.07. The van der Waals surface area contributed by atoms with Crippen LogP contribution in [0.25, 0.3) is 5.69 Å². The summed E-state index contributed by atoms with van der Waals surface area (Å²) in [6, 6.07) is 8.47. The maximum atomic E-state index is 4.15. The summed E-state index contributed by atoms with van der Waals surface area (Å²) in [6.45, 7) is 6.13. The second-order valence-electron chi connectivity index (χ2n) is 4.33. The molecular formula is C14H20N4. The highest BCUT2D eigenvalue weighted by Crippen LogP contribution is 2.11. The highest BCUT2D eigenvalue weighted by Gasteiger charge is 2.05. The fourth-order valence-electron chi connectivity index (χ4n) is 1.86. The summed E-state index contributed by atoms with van der Waals surface area (Å²) in [5.41, 5.74) is 3.50. The second kappa shape index (κ2) is 6.31. The molecule has 0 spiro atoms. The minimum absolute atomic E-state index is 0.802. The molecule has 0 atom stereocenters. The van der Waals surface area contributed by atoms with Crippen molar-refractivity contribution in [2.75, 3.05) is 6.54 Å². The van der Waals surface area contributed by atoms with Gasteiger partial charge in [0.15, 0.2) is 0 Å². The van der Waals surface area contributed by atoms with Gasteiger partial charge in [-0.15, -0.1) is 5.10 Å². The lowest BCUT2D eigenvalue weighted by Crippen LogP contribution is -2.16. The van der Waals surface area contributed by atoms with E-state index in [9.17, 15) is 0 Å². The van der Waals surface area contributed by atoms with Crippen LogP contribution in [0, 0.1) is 0 Å². The van der Waals surface area contributed by atoms with Gasteiger partial charge in [0, 0.05) is 6.54 Å². The summed E-state index contributed by atoms with van der Waals surface area (Å²) in [5.74, 6) is 0. The first-order valence-electron chi connectivity index (χ1n) is 6.54. The van der Waals surface area contributed by atoms with Crippen LogP contribution in [0.15, 0.2) is 30.5 Å². The molecule has 2 aromatic rings. The number of rotatable bonds is 6. The van der Waals surface area contributed by atoms with Crippen molar-refractivity contribution in [3.8, 4) is 5.69 Å². The molecular weight excluding hydrogens is 224 g/mol. The molecule has 0 aliphatic rings. The van der Waals surface area contributed by atoms with Gasteiger partial charge in [0.1, 0.15) is 0 Å². The van der Waals surface area contributed by atoms with Gasteiger partial charge in [-0.25, -0.2) is 4.68 Å². The molecule has 1 aromatic heterocycles. The van der Waals surface area contributed by atoms with Crippen molar-refractivity contribution < 1.29 is 0 Å². The van der Waals surface area contributed by atoms with Gasteiger partial charge in [-0.2, -0.15) is 0 Å². The number of nitrogens with one attached hydrogen (secondary N) is 1. The van der Waals surface area contributed by atoms with Crippen molar-refractivity contribution >= 4 is 0 Å². The zero-order chi connectivity index (χ0) is 12.8. The quantitative estimate of drug-likeness (QED) is 0.793. The van der Waals surface area contributed by atoms with E-state index in [4.69, 9.17) is 0 Å². The van der Waals surface area contributed by atoms with Crippen molar-refractivity contribution in [2.45, 2.75) is 33.2 Å². The molecule has 0 unspecified atom stereocenters. The zero-order valence-electron chi connectivity index (χ0n) is 11.1. The number of aromatic nitrogens is 3. The molecule has 1 N–H and O–H groups in total. The van der Waals surface area contributed by atoms with Gasteiger partial charge in [0.2, 0.25) is 0 Å². The number of nitrogens with zero attached hydrogens (tertiary/aromatic N) is 3. The second-order valence-corrected chi connectivity index (χ2v) is 4.33. The smallest absolute Gasteiger partial charge is 0.0783 e. The third-order valence-corrected chi connectivity index (χ3v) is 2.94. The van der Waals surface area contributed by atoms with E-state index in [1.807, 2.05) is 10.9 Å². The minimum atomic E-state index is 0.802. The van der Waals surface area contributed by atoms with E-state index in [0.29, 0.717) is 0 Å². The van der Waals surface area contributed by atoms with Gasteiger partial charge in [-0.1, -0.05) is 31.2 Å². The summed E-state index contributed by atoms with van der Waals surface area (Å²) in [4.78, 5) is 0. The first kappa shape index (κ1) is 12.8. The predicted octanol–water partition coefficient (Wildman–Crippen LogP) is 2.33. The Bertz CT molecular complexity index is 473. The summed E-state index contributed by atoms with van der Waals surface area (Å²) >= 11 is 0. The first-order valence-corrected chi connectivity index (χ1v) is 6.54. The molecule has 0 fully saturated rings.